The molecule has 1 aromatic heterocycles. The molecular weight excluding hydrogens is 214 g/mol. The second-order valence-corrected chi connectivity index (χ2v) is 4.74. The minimum atomic E-state index is 0.359. The molecule has 2 atom stereocenters. The number of aromatic nitrogens is 2. The first-order chi connectivity index (χ1) is 8.10. The average Bonchev–Trinajstić information content (AvgIpc) is 2.58. The molecule has 0 amide bonds. The van der Waals surface area contributed by atoms with E-state index in [0.29, 0.717) is 12.0 Å². The molecule has 0 spiro atoms. The first-order valence-corrected chi connectivity index (χ1v) is 6.30. The van der Waals surface area contributed by atoms with Crippen molar-refractivity contribution in [2.45, 2.75) is 33.2 Å². The molecule has 1 heterocycles. The average molecular weight is 239 g/mol. The lowest BCUT2D eigenvalue weighted by Crippen LogP contribution is -2.26. The molecule has 0 aromatic carbocycles. The highest BCUT2D eigenvalue weighted by molar-refractivity contribution is 5.19. The molecule has 1 rings (SSSR count). The number of ether oxygens (including phenoxy) is 1. The quantitative estimate of drug-likeness (QED) is 0.791. The number of nitrogens with one attached hydrogen (secondary N) is 1. The highest BCUT2D eigenvalue weighted by atomic mass is 16.5. The number of nitrogens with zero attached hydrogens (tertiary/aromatic N) is 2. The highest BCUT2D eigenvalue weighted by Gasteiger charge is 2.19. The molecule has 1 N–H and O–H groups in total. The summed E-state index contributed by atoms with van der Waals surface area (Å²) >= 11 is 0. The van der Waals surface area contributed by atoms with Gasteiger partial charge in [-0.25, -0.2) is 0 Å². The van der Waals surface area contributed by atoms with Crippen molar-refractivity contribution in [1.82, 2.24) is 15.1 Å². The second-order valence-electron chi connectivity index (χ2n) is 4.74. The van der Waals surface area contributed by atoms with Crippen molar-refractivity contribution >= 4 is 0 Å². The van der Waals surface area contributed by atoms with Gasteiger partial charge in [0.1, 0.15) is 0 Å². The minimum absolute atomic E-state index is 0.359. The molecule has 2 unspecified atom stereocenters. The fourth-order valence-electron chi connectivity index (χ4n) is 2.35. The first-order valence-electron chi connectivity index (χ1n) is 6.30. The lowest BCUT2D eigenvalue weighted by Gasteiger charge is -2.22. The van der Waals surface area contributed by atoms with Crippen molar-refractivity contribution in [2.24, 2.45) is 13.0 Å². The first kappa shape index (κ1) is 14.2. The molecule has 4 nitrogen and oxygen atoms in total. The van der Waals surface area contributed by atoms with E-state index in [4.69, 9.17) is 4.74 Å². The van der Waals surface area contributed by atoms with Gasteiger partial charge in [0.25, 0.3) is 0 Å². The third kappa shape index (κ3) is 3.82. The Morgan fingerprint density at radius 2 is 2.24 bits per heavy atom. The zero-order valence-corrected chi connectivity index (χ0v) is 11.7. The molecule has 0 saturated carbocycles. The maximum atomic E-state index is 5.21. The lowest BCUT2D eigenvalue weighted by atomic mass is 9.98. The summed E-state index contributed by atoms with van der Waals surface area (Å²) in [6.45, 7) is 8.25. The van der Waals surface area contributed by atoms with Crippen LogP contribution in [0.2, 0.25) is 0 Å². The van der Waals surface area contributed by atoms with Gasteiger partial charge in [0.2, 0.25) is 0 Å². The van der Waals surface area contributed by atoms with E-state index >= 15 is 0 Å². The fraction of sp³-hybridized carbons (Fsp3) is 0.769. The van der Waals surface area contributed by atoms with Crippen molar-refractivity contribution in [1.29, 1.82) is 0 Å². The van der Waals surface area contributed by atoms with Crippen LogP contribution in [0.15, 0.2) is 6.20 Å². The molecule has 17 heavy (non-hydrogen) atoms. The van der Waals surface area contributed by atoms with Crippen LogP contribution in [0.1, 0.15) is 37.6 Å². The van der Waals surface area contributed by atoms with E-state index in [9.17, 15) is 0 Å². The van der Waals surface area contributed by atoms with Crippen LogP contribution in [-0.4, -0.2) is 30.0 Å². The molecule has 98 valence electrons. The maximum absolute atomic E-state index is 5.21. The summed E-state index contributed by atoms with van der Waals surface area (Å²) in [5.74, 6) is 0.540. The lowest BCUT2D eigenvalue weighted by molar-refractivity contribution is 0.149. The third-order valence-electron chi connectivity index (χ3n) is 3.05. The molecule has 0 saturated heterocycles. The normalized spacial score (nSPS) is 14.9. The van der Waals surface area contributed by atoms with Gasteiger partial charge in [0, 0.05) is 26.8 Å². The van der Waals surface area contributed by atoms with Gasteiger partial charge in [-0.2, -0.15) is 5.10 Å². The van der Waals surface area contributed by atoms with Crippen LogP contribution in [0.25, 0.3) is 0 Å². The van der Waals surface area contributed by atoms with Gasteiger partial charge in [0.05, 0.1) is 11.9 Å². The van der Waals surface area contributed by atoms with E-state index in [1.165, 1.54) is 11.3 Å². The van der Waals surface area contributed by atoms with Gasteiger partial charge < -0.3 is 10.1 Å². The topological polar surface area (TPSA) is 39.1 Å². The molecule has 0 aliphatic carbocycles. The van der Waals surface area contributed by atoms with E-state index in [-0.39, 0.29) is 0 Å². The van der Waals surface area contributed by atoms with Crippen LogP contribution < -0.4 is 5.32 Å². The summed E-state index contributed by atoms with van der Waals surface area (Å²) in [4.78, 5) is 0. The van der Waals surface area contributed by atoms with Crippen LogP contribution >= 0.6 is 0 Å². The van der Waals surface area contributed by atoms with Gasteiger partial charge in [0.15, 0.2) is 0 Å². The molecule has 0 aliphatic heterocycles. The molecule has 0 fully saturated rings. The van der Waals surface area contributed by atoms with Gasteiger partial charge in [-0.15, -0.1) is 0 Å². The zero-order valence-electron chi connectivity index (χ0n) is 11.7. The van der Waals surface area contributed by atoms with Gasteiger partial charge in [-0.1, -0.05) is 13.8 Å². The van der Waals surface area contributed by atoms with Crippen molar-refractivity contribution in [3.63, 3.8) is 0 Å². The Bertz CT molecular complexity index is 316. The van der Waals surface area contributed by atoms with E-state index in [1.807, 2.05) is 17.9 Å². The Hall–Kier alpha value is -0.870. The van der Waals surface area contributed by atoms with E-state index in [2.05, 4.69) is 31.2 Å². The molecular formula is C13H25N3O. The van der Waals surface area contributed by atoms with Crippen molar-refractivity contribution in [3.8, 4) is 0 Å². The standard InChI is InChI=1S/C13H25N3O/c1-6-14-12(7-10(2)9-17-5)13-11(3)8-15-16(13)4/h8,10,12,14H,6-7,9H2,1-5H3. The minimum Gasteiger partial charge on any atom is -0.384 e. The molecule has 4 heteroatoms. The van der Waals surface area contributed by atoms with Crippen molar-refractivity contribution in [2.75, 3.05) is 20.3 Å². The van der Waals surface area contributed by atoms with Gasteiger partial charge >= 0.3 is 0 Å². The zero-order chi connectivity index (χ0) is 12.8. The molecule has 0 radical (unpaired) electrons. The largest absolute Gasteiger partial charge is 0.384 e. The van der Waals surface area contributed by atoms with Gasteiger partial charge in [-0.3, -0.25) is 4.68 Å². The SMILES string of the molecule is CCNC(CC(C)COC)c1c(C)cnn1C. The van der Waals surface area contributed by atoms with Crippen LogP contribution in [0.3, 0.4) is 0 Å². The maximum Gasteiger partial charge on any atom is 0.0579 e. The van der Waals surface area contributed by atoms with Gasteiger partial charge in [-0.05, 0) is 31.4 Å². The highest BCUT2D eigenvalue weighted by Crippen LogP contribution is 2.23. The Labute approximate surface area is 104 Å². The smallest absolute Gasteiger partial charge is 0.0579 e. The Balaban J connectivity index is 2.78. The number of hydrogen-bond acceptors (Lipinski definition) is 3. The number of methoxy groups -OCH3 is 1. The summed E-state index contributed by atoms with van der Waals surface area (Å²) in [6.07, 6.45) is 3.00. The van der Waals surface area contributed by atoms with Crippen molar-refractivity contribution < 1.29 is 4.74 Å². The third-order valence-corrected chi connectivity index (χ3v) is 3.05. The predicted octanol–water partition coefficient (Wildman–Crippen LogP) is 2.05. The van der Waals surface area contributed by atoms with E-state index in [0.717, 1.165) is 19.6 Å². The summed E-state index contributed by atoms with van der Waals surface area (Å²) in [6, 6.07) is 0.359. The summed E-state index contributed by atoms with van der Waals surface area (Å²) in [5, 5.41) is 7.86. The van der Waals surface area contributed by atoms with Crippen LogP contribution in [0.5, 0.6) is 0 Å². The number of hydrogen-bond donors (Lipinski definition) is 1. The van der Waals surface area contributed by atoms with Crippen LogP contribution in [-0.2, 0) is 11.8 Å². The fourth-order valence-corrected chi connectivity index (χ4v) is 2.35. The number of aryl methyl sites for hydroxylation is 2. The van der Waals surface area contributed by atoms with E-state index < -0.39 is 0 Å². The summed E-state index contributed by atoms with van der Waals surface area (Å²) in [7, 11) is 3.77. The predicted molar refractivity (Wildman–Crippen MR) is 70.0 cm³/mol. The van der Waals surface area contributed by atoms with E-state index in [1.54, 1.807) is 7.11 Å². The number of rotatable bonds is 7. The summed E-state index contributed by atoms with van der Waals surface area (Å²) < 4.78 is 7.18. The summed E-state index contributed by atoms with van der Waals surface area (Å²) in [5.41, 5.74) is 2.54. The Kier molecular flexibility index (Phi) is 5.65. The van der Waals surface area contributed by atoms with Crippen LogP contribution in [0.4, 0.5) is 0 Å². The monoisotopic (exact) mass is 239 g/mol. The molecule has 0 bridgehead atoms. The molecule has 1 aromatic rings. The van der Waals surface area contributed by atoms with Crippen molar-refractivity contribution in [3.05, 3.63) is 17.5 Å². The Morgan fingerprint density at radius 3 is 2.71 bits per heavy atom. The molecule has 0 aliphatic rings. The second kappa shape index (κ2) is 6.77. The van der Waals surface area contributed by atoms with Crippen LogP contribution in [0, 0.1) is 12.8 Å². The Morgan fingerprint density at radius 1 is 1.53 bits per heavy atom.